The predicted molar refractivity (Wildman–Crippen MR) is 145 cm³/mol. The molecule has 178 valence electrons. The van der Waals surface area contributed by atoms with E-state index in [1.54, 1.807) is 18.2 Å². The topological polar surface area (TPSA) is 103 Å². The molecule has 0 unspecified atom stereocenters. The molecule has 4 rings (SSSR count). The Morgan fingerprint density at radius 2 is 1.86 bits per heavy atom. The number of hydrogen-bond acceptors (Lipinski definition) is 7. The molecule has 1 N–H and O–H groups in total. The lowest BCUT2D eigenvalue weighted by Gasteiger charge is -2.15. The summed E-state index contributed by atoms with van der Waals surface area (Å²) in [4.78, 5) is 27.9. The number of benzene rings is 3. The molecule has 0 aromatic heterocycles. The number of thioether (sulfide) groups is 1. The van der Waals surface area contributed by atoms with Gasteiger partial charge >= 0.3 is 0 Å². The molecule has 3 aromatic carbocycles. The summed E-state index contributed by atoms with van der Waals surface area (Å²) in [5.74, 6) is 0.911. The van der Waals surface area contributed by atoms with Gasteiger partial charge in [-0.3, -0.25) is 14.9 Å². The number of nitrogens with one attached hydrogen (secondary N) is 1. The molecule has 0 aliphatic carbocycles. The number of halogens is 1. The molecular weight excluding hydrogens is 581 g/mol. The van der Waals surface area contributed by atoms with Gasteiger partial charge in [0.15, 0.2) is 16.7 Å². The normalized spacial score (nSPS) is 15.3. The molecule has 8 nitrogen and oxygen atoms in total. The zero-order chi connectivity index (χ0) is 24.8. The highest BCUT2D eigenvalue weighted by atomic mass is 127. The minimum absolute atomic E-state index is 0.0292. The molecule has 0 radical (unpaired) electrons. The minimum Gasteiger partial charge on any atom is -0.490 e. The third-order valence-corrected chi connectivity index (χ3v) is 6.51. The number of hydrogen-bond donors (Lipinski definition) is 1. The van der Waals surface area contributed by atoms with Crippen LogP contribution in [0.15, 0.2) is 76.6 Å². The number of nitro benzene ring substituents is 1. The van der Waals surface area contributed by atoms with Gasteiger partial charge in [0.05, 0.1) is 25.7 Å². The van der Waals surface area contributed by atoms with E-state index in [-0.39, 0.29) is 18.2 Å². The smallest absolute Gasteiger partial charge is 0.269 e. The first kappa shape index (κ1) is 24.7. The summed E-state index contributed by atoms with van der Waals surface area (Å²) < 4.78 is 12.6. The number of nitrogens with zero attached hydrogens (tertiary/aromatic N) is 2. The number of nitro groups is 1. The lowest BCUT2D eigenvalue weighted by Crippen LogP contribution is -2.19. The van der Waals surface area contributed by atoms with Crippen LogP contribution in [0.1, 0.15) is 18.1 Å². The van der Waals surface area contributed by atoms with Crippen LogP contribution < -0.4 is 14.8 Å². The average Bonchev–Trinajstić information content (AvgIpc) is 3.18. The summed E-state index contributed by atoms with van der Waals surface area (Å²) in [5, 5.41) is 14.2. The number of carbonyl (C=O) groups is 1. The Hall–Kier alpha value is -3.38. The molecule has 10 heteroatoms. The van der Waals surface area contributed by atoms with Crippen molar-refractivity contribution in [2.45, 2.75) is 13.5 Å². The molecule has 35 heavy (non-hydrogen) atoms. The second-order valence-corrected chi connectivity index (χ2v) is 9.49. The summed E-state index contributed by atoms with van der Waals surface area (Å²) >= 11 is 3.44. The average molecular weight is 601 g/mol. The summed E-state index contributed by atoms with van der Waals surface area (Å²) in [6, 6.07) is 19.4. The van der Waals surface area contributed by atoms with Gasteiger partial charge in [-0.1, -0.05) is 18.2 Å². The van der Waals surface area contributed by atoms with Crippen molar-refractivity contribution in [2.75, 3.05) is 6.61 Å². The first-order chi connectivity index (χ1) is 16.9. The van der Waals surface area contributed by atoms with Gasteiger partial charge in [0, 0.05) is 12.1 Å². The first-order valence-corrected chi connectivity index (χ1v) is 12.5. The van der Waals surface area contributed by atoms with Crippen LogP contribution in [0.3, 0.4) is 0 Å². The van der Waals surface area contributed by atoms with Crippen LogP contribution in [0, 0.1) is 13.7 Å². The molecule has 1 fully saturated rings. The third-order valence-electron chi connectivity index (χ3n) is 4.80. The lowest BCUT2D eigenvalue weighted by molar-refractivity contribution is -0.384. The second kappa shape index (κ2) is 11.4. The largest absolute Gasteiger partial charge is 0.490 e. The maximum atomic E-state index is 12.5. The maximum absolute atomic E-state index is 12.5. The highest BCUT2D eigenvalue weighted by Gasteiger charge is 2.24. The Bertz CT molecular complexity index is 1310. The fraction of sp³-hybridized carbons (Fsp3) is 0.120. The van der Waals surface area contributed by atoms with E-state index in [0.717, 1.165) is 20.4 Å². The van der Waals surface area contributed by atoms with Gasteiger partial charge in [0.25, 0.3) is 11.6 Å². The highest BCUT2D eigenvalue weighted by molar-refractivity contribution is 14.1. The van der Waals surface area contributed by atoms with Crippen molar-refractivity contribution < 1.29 is 19.2 Å². The van der Waals surface area contributed by atoms with Crippen molar-refractivity contribution in [3.8, 4) is 11.5 Å². The van der Waals surface area contributed by atoms with Gasteiger partial charge in [-0.25, -0.2) is 4.99 Å². The SMILES string of the molecule is CCOc1cc(/C=C2\SC(=Nc3ccccc3)NC2=O)cc(I)c1OCc1ccc([N+](=O)[O-])cc1. The van der Waals surface area contributed by atoms with Crippen LogP contribution in [0.2, 0.25) is 0 Å². The van der Waals surface area contributed by atoms with Crippen LogP contribution in [-0.4, -0.2) is 22.6 Å². The fourth-order valence-corrected chi connectivity index (χ4v) is 4.82. The van der Waals surface area contributed by atoms with E-state index in [2.05, 4.69) is 32.9 Å². The molecule has 0 spiro atoms. The van der Waals surface area contributed by atoms with Gasteiger partial charge in [-0.2, -0.15) is 0 Å². The van der Waals surface area contributed by atoms with E-state index in [1.807, 2.05) is 49.4 Å². The second-order valence-electron chi connectivity index (χ2n) is 7.29. The van der Waals surface area contributed by atoms with E-state index >= 15 is 0 Å². The lowest BCUT2D eigenvalue weighted by atomic mass is 10.1. The molecule has 1 amide bonds. The number of aliphatic imine (C=N–C) groups is 1. The fourth-order valence-electron chi connectivity index (χ4n) is 3.20. The Balaban J connectivity index is 1.53. The van der Waals surface area contributed by atoms with Gasteiger partial charge in [-0.05, 0) is 94.9 Å². The van der Waals surface area contributed by atoms with E-state index in [1.165, 1.54) is 23.9 Å². The highest BCUT2D eigenvalue weighted by Crippen LogP contribution is 2.37. The summed E-state index contributed by atoms with van der Waals surface area (Å²) in [6.45, 7) is 2.55. The van der Waals surface area contributed by atoms with Crippen molar-refractivity contribution in [3.05, 3.63) is 96.4 Å². The number of non-ortho nitro benzene ring substituents is 1. The standard InChI is InChI=1S/C25H20IN3O5S/c1-2-33-21-13-17(14-22-24(30)28-25(35-22)27-18-6-4-3-5-7-18)12-20(26)23(21)34-15-16-8-10-19(11-9-16)29(31)32/h3-14H,2,15H2,1H3,(H,27,28,30)/b22-14-. The molecule has 1 aliphatic rings. The van der Waals surface area contributed by atoms with E-state index in [4.69, 9.17) is 9.47 Å². The number of amides is 1. The minimum atomic E-state index is -0.437. The summed E-state index contributed by atoms with van der Waals surface area (Å²) in [7, 11) is 0. The number of amidine groups is 1. The Labute approximate surface area is 219 Å². The zero-order valence-corrected chi connectivity index (χ0v) is 21.5. The van der Waals surface area contributed by atoms with Crippen LogP contribution in [-0.2, 0) is 11.4 Å². The van der Waals surface area contributed by atoms with E-state index < -0.39 is 4.92 Å². The monoisotopic (exact) mass is 601 g/mol. The van der Waals surface area contributed by atoms with E-state index in [9.17, 15) is 14.9 Å². The number of carbonyl (C=O) groups excluding carboxylic acids is 1. The molecule has 0 bridgehead atoms. The quantitative estimate of drug-likeness (QED) is 0.146. The molecular formula is C25H20IN3O5S. The summed E-state index contributed by atoms with van der Waals surface area (Å²) in [6.07, 6.45) is 1.79. The van der Waals surface area contributed by atoms with Crippen LogP contribution >= 0.6 is 34.4 Å². The van der Waals surface area contributed by atoms with Crippen molar-refractivity contribution in [1.29, 1.82) is 0 Å². The number of para-hydroxylation sites is 1. The van der Waals surface area contributed by atoms with Gasteiger partial charge in [0.2, 0.25) is 0 Å². The molecule has 1 aliphatic heterocycles. The molecule has 1 saturated heterocycles. The third kappa shape index (κ3) is 6.40. The van der Waals surface area contributed by atoms with Crippen molar-refractivity contribution >= 4 is 62.9 Å². The van der Waals surface area contributed by atoms with Crippen LogP contribution in [0.4, 0.5) is 11.4 Å². The number of rotatable bonds is 8. The van der Waals surface area contributed by atoms with Gasteiger partial charge in [-0.15, -0.1) is 0 Å². The molecule has 1 heterocycles. The maximum Gasteiger partial charge on any atom is 0.269 e. The first-order valence-electron chi connectivity index (χ1n) is 10.6. The van der Waals surface area contributed by atoms with Gasteiger partial charge in [0.1, 0.15) is 6.61 Å². The zero-order valence-electron chi connectivity index (χ0n) is 18.6. The molecule has 0 atom stereocenters. The van der Waals surface area contributed by atoms with Crippen LogP contribution in [0.25, 0.3) is 6.08 Å². The Morgan fingerprint density at radius 1 is 1.11 bits per heavy atom. The van der Waals surface area contributed by atoms with Crippen LogP contribution in [0.5, 0.6) is 11.5 Å². The summed E-state index contributed by atoms with van der Waals surface area (Å²) in [5.41, 5.74) is 2.38. The van der Waals surface area contributed by atoms with Crippen molar-refractivity contribution in [2.24, 2.45) is 4.99 Å². The van der Waals surface area contributed by atoms with E-state index in [0.29, 0.717) is 28.2 Å². The Morgan fingerprint density at radius 3 is 2.54 bits per heavy atom. The molecule has 0 saturated carbocycles. The predicted octanol–water partition coefficient (Wildman–Crippen LogP) is 6.07. The Kier molecular flexibility index (Phi) is 8.03. The van der Waals surface area contributed by atoms with Crippen molar-refractivity contribution in [1.82, 2.24) is 5.32 Å². The van der Waals surface area contributed by atoms with Crippen molar-refractivity contribution in [3.63, 3.8) is 0 Å². The van der Waals surface area contributed by atoms with Gasteiger partial charge < -0.3 is 14.8 Å². The molecule has 3 aromatic rings. The number of ether oxygens (including phenoxy) is 2.